The lowest BCUT2D eigenvalue weighted by Gasteiger charge is -2.30. The molecule has 4 heteroatoms. The lowest BCUT2D eigenvalue weighted by Crippen LogP contribution is -2.35. The zero-order chi connectivity index (χ0) is 14.1. The van der Waals surface area contributed by atoms with Crippen LogP contribution in [-0.2, 0) is 12.8 Å². The van der Waals surface area contributed by atoms with Gasteiger partial charge in [0.25, 0.3) is 5.91 Å². The first-order valence-corrected chi connectivity index (χ1v) is 7.86. The Balaban J connectivity index is 2.01. The molecule has 20 heavy (non-hydrogen) atoms. The van der Waals surface area contributed by atoms with E-state index in [1.165, 1.54) is 11.3 Å². The number of hydrogen-bond donors (Lipinski definition) is 1. The van der Waals surface area contributed by atoms with Crippen molar-refractivity contribution in [2.24, 2.45) is 0 Å². The van der Waals surface area contributed by atoms with Crippen molar-refractivity contribution < 1.29 is 4.79 Å². The van der Waals surface area contributed by atoms with E-state index >= 15 is 0 Å². The molecule has 1 aliphatic heterocycles. The van der Waals surface area contributed by atoms with Crippen molar-refractivity contribution in [1.82, 2.24) is 0 Å². The number of amides is 1. The number of benzene rings is 1. The summed E-state index contributed by atoms with van der Waals surface area (Å²) in [6.45, 7) is 2.86. The Morgan fingerprint density at radius 3 is 3.05 bits per heavy atom. The third kappa shape index (κ3) is 2.10. The van der Waals surface area contributed by atoms with Gasteiger partial charge in [-0.2, -0.15) is 0 Å². The number of fused-ring (bicyclic) bond motifs is 1. The van der Waals surface area contributed by atoms with Gasteiger partial charge in [0, 0.05) is 17.9 Å². The molecule has 1 aromatic heterocycles. The highest BCUT2D eigenvalue weighted by Gasteiger charge is 2.26. The fourth-order valence-corrected chi connectivity index (χ4v) is 3.73. The number of aryl methyl sites for hydroxylation is 1. The molecule has 1 aliphatic rings. The molecule has 0 unspecified atom stereocenters. The molecule has 104 valence electrons. The van der Waals surface area contributed by atoms with Crippen LogP contribution in [0.15, 0.2) is 29.6 Å². The zero-order valence-corrected chi connectivity index (χ0v) is 12.4. The molecule has 0 radical (unpaired) electrons. The highest BCUT2D eigenvalue weighted by molar-refractivity contribution is 7.12. The normalized spacial score (nSPS) is 14.2. The molecule has 0 bridgehead atoms. The topological polar surface area (TPSA) is 46.3 Å². The van der Waals surface area contributed by atoms with E-state index in [0.717, 1.165) is 53.2 Å². The SMILES string of the molecule is CCc1ccsc1C(=O)N1CCCc2c(N)cccc21. The van der Waals surface area contributed by atoms with Crippen molar-refractivity contribution in [3.05, 3.63) is 45.6 Å². The number of hydrogen-bond acceptors (Lipinski definition) is 3. The van der Waals surface area contributed by atoms with Crippen molar-refractivity contribution in [1.29, 1.82) is 0 Å². The zero-order valence-electron chi connectivity index (χ0n) is 11.6. The standard InChI is InChI=1S/C16H18N2OS/c1-2-11-8-10-20-15(11)16(19)18-9-4-5-12-13(17)6-3-7-14(12)18/h3,6-8,10H,2,4-5,9,17H2,1H3. The Bertz CT molecular complexity index is 648. The molecule has 3 nitrogen and oxygen atoms in total. The van der Waals surface area contributed by atoms with Gasteiger partial charge in [0.2, 0.25) is 0 Å². The van der Waals surface area contributed by atoms with Crippen LogP contribution in [0.1, 0.15) is 34.1 Å². The summed E-state index contributed by atoms with van der Waals surface area (Å²) >= 11 is 1.53. The molecule has 1 amide bonds. The van der Waals surface area contributed by atoms with E-state index in [9.17, 15) is 4.79 Å². The summed E-state index contributed by atoms with van der Waals surface area (Å²) in [7, 11) is 0. The summed E-state index contributed by atoms with van der Waals surface area (Å²) in [5.41, 5.74) is 10.1. The minimum absolute atomic E-state index is 0.114. The van der Waals surface area contributed by atoms with Crippen LogP contribution in [0.4, 0.5) is 11.4 Å². The Morgan fingerprint density at radius 1 is 1.40 bits per heavy atom. The molecule has 2 aromatic rings. The maximum absolute atomic E-state index is 12.8. The second-order valence-corrected chi connectivity index (χ2v) is 5.95. The van der Waals surface area contributed by atoms with Crippen LogP contribution in [0, 0.1) is 0 Å². The molecular formula is C16H18N2OS. The first-order valence-electron chi connectivity index (χ1n) is 6.98. The maximum atomic E-state index is 12.8. The number of thiophene rings is 1. The Kier molecular flexibility index (Phi) is 3.49. The summed E-state index contributed by atoms with van der Waals surface area (Å²) in [5.74, 6) is 0.114. The van der Waals surface area contributed by atoms with E-state index in [4.69, 9.17) is 5.73 Å². The molecule has 0 atom stereocenters. The molecule has 0 saturated heterocycles. The highest BCUT2D eigenvalue weighted by Crippen LogP contribution is 2.33. The van der Waals surface area contributed by atoms with Crippen LogP contribution in [-0.4, -0.2) is 12.5 Å². The van der Waals surface area contributed by atoms with Crippen molar-refractivity contribution in [2.45, 2.75) is 26.2 Å². The quantitative estimate of drug-likeness (QED) is 0.859. The molecule has 1 aromatic carbocycles. The predicted octanol–water partition coefficient (Wildman–Crippen LogP) is 3.49. The Morgan fingerprint density at radius 2 is 2.25 bits per heavy atom. The molecule has 0 fully saturated rings. The minimum atomic E-state index is 0.114. The van der Waals surface area contributed by atoms with Gasteiger partial charge in [0.05, 0.1) is 4.88 Å². The summed E-state index contributed by atoms with van der Waals surface area (Å²) in [5, 5.41) is 2.00. The van der Waals surface area contributed by atoms with Crippen LogP contribution in [0.5, 0.6) is 0 Å². The third-order valence-corrected chi connectivity index (χ3v) is 4.80. The second-order valence-electron chi connectivity index (χ2n) is 5.03. The van der Waals surface area contributed by atoms with E-state index < -0.39 is 0 Å². The van der Waals surface area contributed by atoms with Crippen LogP contribution in [0.25, 0.3) is 0 Å². The Labute approximate surface area is 123 Å². The van der Waals surface area contributed by atoms with E-state index in [1.807, 2.05) is 34.5 Å². The fourth-order valence-electron chi connectivity index (χ4n) is 2.79. The number of rotatable bonds is 2. The first-order chi connectivity index (χ1) is 9.72. The average molecular weight is 286 g/mol. The summed E-state index contributed by atoms with van der Waals surface area (Å²) in [4.78, 5) is 15.6. The molecule has 3 rings (SSSR count). The lowest BCUT2D eigenvalue weighted by atomic mass is 9.99. The third-order valence-electron chi connectivity index (χ3n) is 3.85. The lowest BCUT2D eigenvalue weighted by molar-refractivity contribution is 0.0988. The maximum Gasteiger partial charge on any atom is 0.268 e. The van der Waals surface area contributed by atoms with Gasteiger partial charge in [-0.1, -0.05) is 13.0 Å². The van der Waals surface area contributed by atoms with Gasteiger partial charge in [-0.05, 0) is 54.0 Å². The van der Waals surface area contributed by atoms with Gasteiger partial charge in [-0.15, -0.1) is 11.3 Å². The van der Waals surface area contributed by atoms with E-state index in [2.05, 4.69) is 6.92 Å². The van der Waals surface area contributed by atoms with Crippen molar-refractivity contribution in [3.63, 3.8) is 0 Å². The summed E-state index contributed by atoms with van der Waals surface area (Å²) < 4.78 is 0. The molecule has 0 aliphatic carbocycles. The largest absolute Gasteiger partial charge is 0.398 e. The molecule has 0 saturated carbocycles. The minimum Gasteiger partial charge on any atom is -0.398 e. The van der Waals surface area contributed by atoms with Gasteiger partial charge in [-0.3, -0.25) is 4.79 Å². The number of carbonyl (C=O) groups excluding carboxylic acids is 1. The summed E-state index contributed by atoms with van der Waals surface area (Å²) in [6, 6.07) is 7.88. The van der Waals surface area contributed by atoms with Gasteiger partial charge >= 0.3 is 0 Å². The predicted molar refractivity (Wildman–Crippen MR) is 84.5 cm³/mol. The van der Waals surface area contributed by atoms with E-state index in [1.54, 1.807) is 0 Å². The van der Waals surface area contributed by atoms with Crippen molar-refractivity contribution in [3.8, 4) is 0 Å². The van der Waals surface area contributed by atoms with Crippen LogP contribution in [0.3, 0.4) is 0 Å². The number of carbonyl (C=O) groups is 1. The highest BCUT2D eigenvalue weighted by atomic mass is 32.1. The summed E-state index contributed by atoms with van der Waals surface area (Å²) in [6.07, 6.45) is 2.82. The monoisotopic (exact) mass is 286 g/mol. The van der Waals surface area contributed by atoms with E-state index in [-0.39, 0.29) is 5.91 Å². The average Bonchev–Trinajstić information content (AvgIpc) is 2.95. The first kappa shape index (κ1) is 13.2. The van der Waals surface area contributed by atoms with Gasteiger partial charge in [0.15, 0.2) is 0 Å². The number of nitrogens with zero attached hydrogens (tertiary/aromatic N) is 1. The van der Waals surface area contributed by atoms with Crippen LogP contribution < -0.4 is 10.6 Å². The van der Waals surface area contributed by atoms with Crippen molar-refractivity contribution >= 4 is 28.6 Å². The number of nitrogens with two attached hydrogens (primary N) is 1. The molecular weight excluding hydrogens is 268 g/mol. The number of anilines is 2. The van der Waals surface area contributed by atoms with Crippen LogP contribution in [0.2, 0.25) is 0 Å². The fraction of sp³-hybridized carbons (Fsp3) is 0.312. The van der Waals surface area contributed by atoms with Gasteiger partial charge in [-0.25, -0.2) is 0 Å². The van der Waals surface area contributed by atoms with Crippen molar-refractivity contribution in [2.75, 3.05) is 17.2 Å². The smallest absolute Gasteiger partial charge is 0.268 e. The number of nitrogen functional groups attached to an aromatic ring is 1. The molecule has 0 spiro atoms. The molecule has 2 heterocycles. The molecule has 2 N–H and O–H groups in total. The Hall–Kier alpha value is -1.81. The van der Waals surface area contributed by atoms with E-state index in [0.29, 0.717) is 0 Å². The van der Waals surface area contributed by atoms with Gasteiger partial charge in [0.1, 0.15) is 0 Å². The van der Waals surface area contributed by atoms with Gasteiger partial charge < -0.3 is 10.6 Å². The van der Waals surface area contributed by atoms with Crippen LogP contribution >= 0.6 is 11.3 Å². The second kappa shape index (κ2) is 5.29.